The number of rotatable bonds is 16. The number of unbranched alkanes of at least 4 members (excludes halogenated alkanes) is 11. The third-order valence-electron chi connectivity index (χ3n) is 5.12. The standard InChI is InChI=1S/C24H40O/c1-3-4-5-6-7-8-9-10-11-12-13-14-15-24(25)21-20-23-18-16-22(2)17-19-23/h16-19H,3-15,20-21H2,1-2H3. The Morgan fingerprint density at radius 1 is 0.680 bits per heavy atom. The van der Waals surface area contributed by atoms with Crippen molar-refractivity contribution in [2.75, 3.05) is 0 Å². The summed E-state index contributed by atoms with van der Waals surface area (Å²) in [7, 11) is 0. The van der Waals surface area contributed by atoms with Crippen LogP contribution in [0.2, 0.25) is 0 Å². The molecule has 0 aliphatic heterocycles. The number of aryl methyl sites for hydroxylation is 2. The number of carbonyl (C=O) groups is 1. The minimum absolute atomic E-state index is 0.438. The van der Waals surface area contributed by atoms with Gasteiger partial charge in [-0.1, -0.05) is 107 Å². The van der Waals surface area contributed by atoms with Crippen LogP contribution in [-0.2, 0) is 11.2 Å². The van der Waals surface area contributed by atoms with Gasteiger partial charge < -0.3 is 0 Å². The molecule has 1 rings (SSSR count). The second kappa shape index (κ2) is 15.2. The van der Waals surface area contributed by atoms with E-state index in [4.69, 9.17) is 0 Å². The Labute approximate surface area is 156 Å². The molecule has 1 heteroatoms. The monoisotopic (exact) mass is 344 g/mol. The molecule has 0 saturated carbocycles. The number of ketones is 1. The van der Waals surface area contributed by atoms with E-state index in [9.17, 15) is 4.79 Å². The van der Waals surface area contributed by atoms with Crippen molar-refractivity contribution < 1.29 is 4.79 Å². The van der Waals surface area contributed by atoms with Crippen LogP contribution in [0.15, 0.2) is 24.3 Å². The van der Waals surface area contributed by atoms with Gasteiger partial charge in [0.2, 0.25) is 0 Å². The summed E-state index contributed by atoms with van der Waals surface area (Å²) >= 11 is 0. The van der Waals surface area contributed by atoms with E-state index in [0.29, 0.717) is 12.2 Å². The van der Waals surface area contributed by atoms with E-state index < -0.39 is 0 Å². The van der Waals surface area contributed by atoms with Crippen molar-refractivity contribution in [3.8, 4) is 0 Å². The summed E-state index contributed by atoms with van der Waals surface area (Å²) in [6.07, 6.45) is 18.6. The van der Waals surface area contributed by atoms with Gasteiger partial charge in [-0.25, -0.2) is 0 Å². The van der Waals surface area contributed by atoms with Gasteiger partial charge in [0, 0.05) is 12.8 Å². The van der Waals surface area contributed by atoms with E-state index in [0.717, 1.165) is 19.3 Å². The van der Waals surface area contributed by atoms with Crippen LogP contribution in [0.3, 0.4) is 0 Å². The van der Waals surface area contributed by atoms with Crippen molar-refractivity contribution in [3.05, 3.63) is 35.4 Å². The van der Waals surface area contributed by atoms with Crippen LogP contribution >= 0.6 is 0 Å². The quantitative estimate of drug-likeness (QED) is 0.282. The molecule has 0 spiro atoms. The molecule has 1 aromatic rings. The lowest BCUT2D eigenvalue weighted by molar-refractivity contribution is -0.119. The molecule has 0 atom stereocenters. The Hall–Kier alpha value is -1.11. The first-order chi connectivity index (χ1) is 12.2. The van der Waals surface area contributed by atoms with Crippen LogP contribution in [0.1, 0.15) is 108 Å². The van der Waals surface area contributed by atoms with Gasteiger partial charge in [-0.15, -0.1) is 0 Å². The second-order valence-corrected chi connectivity index (χ2v) is 7.66. The molecule has 0 fully saturated rings. The van der Waals surface area contributed by atoms with Crippen LogP contribution in [0.25, 0.3) is 0 Å². The van der Waals surface area contributed by atoms with Gasteiger partial charge in [0.15, 0.2) is 0 Å². The van der Waals surface area contributed by atoms with Gasteiger partial charge >= 0.3 is 0 Å². The molecule has 0 saturated heterocycles. The maximum atomic E-state index is 12.0. The minimum atomic E-state index is 0.438. The van der Waals surface area contributed by atoms with Gasteiger partial charge in [0.25, 0.3) is 0 Å². The Bertz CT molecular complexity index is 432. The van der Waals surface area contributed by atoms with E-state index in [2.05, 4.69) is 38.1 Å². The molecule has 0 bridgehead atoms. The number of carbonyl (C=O) groups excluding carboxylic acids is 1. The van der Waals surface area contributed by atoms with Crippen molar-refractivity contribution >= 4 is 5.78 Å². The highest BCUT2D eigenvalue weighted by molar-refractivity contribution is 5.78. The molecule has 1 aromatic carbocycles. The van der Waals surface area contributed by atoms with Crippen LogP contribution in [-0.4, -0.2) is 5.78 Å². The highest BCUT2D eigenvalue weighted by Gasteiger charge is 2.03. The molecule has 1 nitrogen and oxygen atoms in total. The van der Waals surface area contributed by atoms with E-state index in [1.165, 1.54) is 81.8 Å². The molecule has 0 amide bonds. The van der Waals surface area contributed by atoms with E-state index >= 15 is 0 Å². The Kier molecular flexibility index (Phi) is 13.3. The van der Waals surface area contributed by atoms with Crippen LogP contribution in [0.4, 0.5) is 0 Å². The predicted molar refractivity (Wildman–Crippen MR) is 110 cm³/mol. The first-order valence-electron chi connectivity index (χ1n) is 10.8. The highest BCUT2D eigenvalue weighted by Crippen LogP contribution is 2.13. The molecule has 0 heterocycles. The highest BCUT2D eigenvalue weighted by atomic mass is 16.1. The summed E-state index contributed by atoms with van der Waals surface area (Å²) in [6, 6.07) is 8.55. The fraction of sp³-hybridized carbons (Fsp3) is 0.708. The van der Waals surface area contributed by atoms with Crippen molar-refractivity contribution in [2.24, 2.45) is 0 Å². The summed E-state index contributed by atoms with van der Waals surface area (Å²) in [5, 5.41) is 0. The zero-order valence-corrected chi connectivity index (χ0v) is 16.8. The van der Waals surface area contributed by atoms with Crippen LogP contribution < -0.4 is 0 Å². The summed E-state index contributed by atoms with van der Waals surface area (Å²) in [6.45, 7) is 4.38. The number of Topliss-reactive ketones (excluding diaryl/α,β-unsaturated/α-hetero) is 1. The predicted octanol–water partition coefficient (Wildman–Crippen LogP) is 7.59. The molecule has 0 unspecified atom stereocenters. The van der Waals surface area contributed by atoms with Gasteiger partial charge in [-0.3, -0.25) is 4.79 Å². The van der Waals surface area contributed by atoms with E-state index in [1.54, 1.807) is 0 Å². The summed E-state index contributed by atoms with van der Waals surface area (Å²) in [5.41, 5.74) is 2.57. The van der Waals surface area contributed by atoms with Gasteiger partial charge in [-0.2, -0.15) is 0 Å². The lowest BCUT2D eigenvalue weighted by Gasteiger charge is -2.04. The van der Waals surface area contributed by atoms with Gasteiger partial charge in [0.1, 0.15) is 5.78 Å². The molecular formula is C24H40O. The largest absolute Gasteiger partial charge is 0.300 e. The van der Waals surface area contributed by atoms with Gasteiger partial charge in [-0.05, 0) is 25.3 Å². The first kappa shape index (κ1) is 21.9. The normalized spacial score (nSPS) is 11.0. The summed E-state index contributed by atoms with van der Waals surface area (Å²) in [4.78, 5) is 12.0. The minimum Gasteiger partial charge on any atom is -0.300 e. The molecule has 0 radical (unpaired) electrons. The van der Waals surface area contributed by atoms with E-state index in [1.807, 2.05) is 0 Å². The third kappa shape index (κ3) is 12.8. The SMILES string of the molecule is CCCCCCCCCCCCCCC(=O)CCc1ccc(C)cc1. The maximum absolute atomic E-state index is 12.0. The van der Waals surface area contributed by atoms with E-state index in [-0.39, 0.29) is 0 Å². The zero-order valence-electron chi connectivity index (χ0n) is 16.8. The van der Waals surface area contributed by atoms with Crippen molar-refractivity contribution in [2.45, 2.75) is 110 Å². The second-order valence-electron chi connectivity index (χ2n) is 7.66. The maximum Gasteiger partial charge on any atom is 0.133 e. The average Bonchev–Trinajstić information content (AvgIpc) is 2.62. The molecule has 0 aliphatic rings. The number of hydrogen-bond acceptors (Lipinski definition) is 1. The topological polar surface area (TPSA) is 17.1 Å². The zero-order chi connectivity index (χ0) is 18.2. The fourth-order valence-corrected chi connectivity index (χ4v) is 3.33. The van der Waals surface area contributed by atoms with Crippen LogP contribution in [0, 0.1) is 6.92 Å². The van der Waals surface area contributed by atoms with Crippen molar-refractivity contribution in [1.29, 1.82) is 0 Å². The number of hydrogen-bond donors (Lipinski definition) is 0. The molecule has 0 N–H and O–H groups in total. The lowest BCUT2D eigenvalue weighted by atomic mass is 10.0. The van der Waals surface area contributed by atoms with Crippen molar-refractivity contribution in [1.82, 2.24) is 0 Å². The Balaban J connectivity index is 1.86. The lowest BCUT2D eigenvalue weighted by Crippen LogP contribution is -2.00. The molecular weight excluding hydrogens is 304 g/mol. The molecule has 25 heavy (non-hydrogen) atoms. The Morgan fingerprint density at radius 3 is 1.68 bits per heavy atom. The molecule has 0 aliphatic carbocycles. The Morgan fingerprint density at radius 2 is 1.16 bits per heavy atom. The van der Waals surface area contributed by atoms with Crippen molar-refractivity contribution in [3.63, 3.8) is 0 Å². The molecule has 142 valence electrons. The summed E-state index contributed by atoms with van der Waals surface area (Å²) < 4.78 is 0. The van der Waals surface area contributed by atoms with Crippen LogP contribution in [0.5, 0.6) is 0 Å². The fourth-order valence-electron chi connectivity index (χ4n) is 3.33. The smallest absolute Gasteiger partial charge is 0.133 e. The summed E-state index contributed by atoms with van der Waals surface area (Å²) in [5.74, 6) is 0.438. The molecule has 0 aromatic heterocycles. The third-order valence-corrected chi connectivity index (χ3v) is 5.12. The first-order valence-corrected chi connectivity index (χ1v) is 10.8. The van der Waals surface area contributed by atoms with Gasteiger partial charge in [0.05, 0.1) is 0 Å². The average molecular weight is 345 g/mol. The number of benzene rings is 1.